The van der Waals surface area contributed by atoms with E-state index in [1.807, 2.05) is 6.92 Å². The summed E-state index contributed by atoms with van der Waals surface area (Å²) in [5.74, 6) is 2.51. The first-order valence-corrected chi connectivity index (χ1v) is 8.79. The summed E-state index contributed by atoms with van der Waals surface area (Å²) in [5.41, 5.74) is -0.743. The molecule has 7 nitrogen and oxygen atoms in total. The maximum atomic E-state index is 12.0. The first kappa shape index (κ1) is 15.6. The van der Waals surface area contributed by atoms with Crippen LogP contribution in [-0.4, -0.2) is 26.6 Å². The molecule has 0 radical (unpaired) electrons. The molecule has 4 saturated carbocycles. The second-order valence-electron chi connectivity index (χ2n) is 7.73. The Kier molecular flexibility index (Phi) is 3.44. The van der Waals surface area contributed by atoms with Crippen molar-refractivity contribution in [2.45, 2.75) is 58.6 Å². The van der Waals surface area contributed by atoms with E-state index in [1.165, 1.54) is 20.3 Å². The van der Waals surface area contributed by atoms with Crippen LogP contribution in [0.3, 0.4) is 0 Å². The number of anilines is 1. The predicted octanol–water partition coefficient (Wildman–Crippen LogP) is 2.22. The minimum Gasteiger partial charge on any atom is -0.437 e. The highest BCUT2D eigenvalue weighted by Crippen LogP contribution is 2.61. The molecule has 0 atom stereocenters. The standard InChI is InChI=1S/C17H24N4O3/c1-9-18-16(19-10(2)22)20-21(9)17(24-11(3)23)14-5-12-4-13(7-14)8-15(17)6-12/h12-15H,4-8H2,1-3H3,(H,19,20,22). The van der Waals surface area contributed by atoms with Crippen molar-refractivity contribution >= 4 is 17.8 Å². The number of carbonyl (C=O) groups excluding carboxylic acids is 2. The number of nitrogens with one attached hydrogen (secondary N) is 1. The zero-order valence-electron chi connectivity index (χ0n) is 14.4. The third-order valence-electron chi connectivity index (χ3n) is 6.00. The van der Waals surface area contributed by atoms with Crippen molar-refractivity contribution < 1.29 is 14.3 Å². The number of hydrogen-bond donors (Lipinski definition) is 1. The van der Waals surface area contributed by atoms with Crippen LogP contribution in [0.25, 0.3) is 0 Å². The molecular weight excluding hydrogens is 308 g/mol. The van der Waals surface area contributed by atoms with Gasteiger partial charge in [0.2, 0.25) is 17.6 Å². The van der Waals surface area contributed by atoms with Crippen molar-refractivity contribution in [3.63, 3.8) is 0 Å². The minimum absolute atomic E-state index is 0.209. The summed E-state index contributed by atoms with van der Waals surface area (Å²) >= 11 is 0. The number of carbonyl (C=O) groups is 2. The number of hydrogen-bond acceptors (Lipinski definition) is 5. The fourth-order valence-corrected chi connectivity index (χ4v) is 5.58. The average Bonchev–Trinajstić information content (AvgIpc) is 2.82. The van der Waals surface area contributed by atoms with Gasteiger partial charge in [0.1, 0.15) is 5.82 Å². The zero-order valence-corrected chi connectivity index (χ0v) is 14.4. The van der Waals surface area contributed by atoms with Crippen molar-refractivity contribution in [2.24, 2.45) is 23.7 Å². The van der Waals surface area contributed by atoms with Crippen LogP contribution in [-0.2, 0) is 20.1 Å². The Bertz CT molecular complexity index is 668. The molecule has 24 heavy (non-hydrogen) atoms. The van der Waals surface area contributed by atoms with E-state index >= 15 is 0 Å². The van der Waals surface area contributed by atoms with Crippen LogP contribution in [0.2, 0.25) is 0 Å². The van der Waals surface area contributed by atoms with E-state index in [-0.39, 0.29) is 29.7 Å². The van der Waals surface area contributed by atoms with Crippen LogP contribution in [0, 0.1) is 30.6 Å². The van der Waals surface area contributed by atoms with Gasteiger partial charge in [-0.1, -0.05) is 0 Å². The highest BCUT2D eigenvalue weighted by Gasteiger charge is 2.61. The van der Waals surface area contributed by atoms with Crippen molar-refractivity contribution in [3.05, 3.63) is 5.82 Å². The Hall–Kier alpha value is -1.92. The van der Waals surface area contributed by atoms with Crippen molar-refractivity contribution in [3.8, 4) is 0 Å². The lowest BCUT2D eigenvalue weighted by molar-refractivity contribution is -0.250. The molecule has 0 aliphatic heterocycles. The molecule has 5 rings (SSSR count). The Labute approximate surface area is 141 Å². The lowest BCUT2D eigenvalue weighted by Gasteiger charge is -2.59. The van der Waals surface area contributed by atoms with Crippen LogP contribution in [0.5, 0.6) is 0 Å². The highest BCUT2D eigenvalue weighted by molar-refractivity contribution is 5.86. The maximum Gasteiger partial charge on any atom is 0.304 e. The number of amides is 1. The van der Waals surface area contributed by atoms with Gasteiger partial charge in [0.15, 0.2) is 0 Å². The van der Waals surface area contributed by atoms with Gasteiger partial charge in [0, 0.05) is 25.7 Å². The minimum atomic E-state index is -0.743. The van der Waals surface area contributed by atoms with Gasteiger partial charge in [-0.15, -0.1) is 5.10 Å². The number of aromatic nitrogens is 3. The molecule has 1 aromatic rings. The smallest absolute Gasteiger partial charge is 0.304 e. The SMILES string of the molecule is CC(=O)Nc1nc(C)n(C2(OC(C)=O)C3CC4CC(C3)CC2C4)n1. The van der Waals surface area contributed by atoms with Gasteiger partial charge in [-0.3, -0.25) is 14.9 Å². The molecule has 4 aliphatic rings. The molecule has 0 unspecified atom stereocenters. The van der Waals surface area contributed by atoms with Crippen molar-refractivity contribution in [2.75, 3.05) is 5.32 Å². The van der Waals surface area contributed by atoms with Crippen molar-refractivity contribution in [1.82, 2.24) is 14.8 Å². The number of esters is 1. The molecular formula is C17H24N4O3. The molecule has 0 saturated heterocycles. The van der Waals surface area contributed by atoms with E-state index in [9.17, 15) is 9.59 Å². The zero-order chi connectivity index (χ0) is 17.1. The second kappa shape index (κ2) is 5.29. The number of nitrogens with zero attached hydrogens (tertiary/aromatic N) is 3. The van der Waals surface area contributed by atoms with Gasteiger partial charge in [0.25, 0.3) is 0 Å². The van der Waals surface area contributed by atoms with Gasteiger partial charge in [0.05, 0.1) is 0 Å². The molecule has 0 aromatic carbocycles. The van der Waals surface area contributed by atoms with E-state index in [0.717, 1.165) is 37.5 Å². The Morgan fingerprint density at radius 3 is 2.21 bits per heavy atom. The normalized spacial score (nSPS) is 36.6. The molecule has 4 aliphatic carbocycles. The van der Waals surface area contributed by atoms with Crippen LogP contribution >= 0.6 is 0 Å². The topological polar surface area (TPSA) is 86.1 Å². The highest BCUT2D eigenvalue weighted by atomic mass is 16.6. The molecule has 1 amide bonds. The lowest BCUT2D eigenvalue weighted by Crippen LogP contribution is -2.61. The second-order valence-corrected chi connectivity index (χ2v) is 7.73. The monoisotopic (exact) mass is 332 g/mol. The molecule has 1 heterocycles. The van der Waals surface area contributed by atoms with E-state index in [1.54, 1.807) is 4.68 Å². The average molecular weight is 332 g/mol. The third-order valence-corrected chi connectivity index (χ3v) is 6.00. The predicted molar refractivity (Wildman–Crippen MR) is 85.8 cm³/mol. The number of aryl methyl sites for hydroxylation is 1. The van der Waals surface area contributed by atoms with Crippen LogP contribution in [0.1, 0.15) is 51.8 Å². The van der Waals surface area contributed by atoms with Gasteiger partial charge in [-0.25, -0.2) is 4.68 Å². The van der Waals surface area contributed by atoms with Crippen LogP contribution < -0.4 is 5.32 Å². The molecule has 130 valence electrons. The first-order chi connectivity index (χ1) is 11.4. The van der Waals surface area contributed by atoms with E-state index in [2.05, 4.69) is 15.4 Å². The van der Waals surface area contributed by atoms with E-state index in [4.69, 9.17) is 4.74 Å². The van der Waals surface area contributed by atoms with Gasteiger partial charge in [-0.05, 0) is 50.9 Å². The van der Waals surface area contributed by atoms with Crippen LogP contribution in [0.15, 0.2) is 0 Å². The summed E-state index contributed by atoms with van der Waals surface area (Å²) in [6, 6.07) is 0. The summed E-state index contributed by atoms with van der Waals surface area (Å²) in [6.45, 7) is 4.75. The quantitative estimate of drug-likeness (QED) is 0.858. The molecule has 4 fully saturated rings. The Morgan fingerprint density at radius 1 is 1.12 bits per heavy atom. The number of ether oxygens (including phenoxy) is 1. The molecule has 0 spiro atoms. The van der Waals surface area contributed by atoms with Gasteiger partial charge >= 0.3 is 5.97 Å². The largest absolute Gasteiger partial charge is 0.437 e. The molecule has 1 aromatic heterocycles. The molecule has 1 N–H and O–H groups in total. The summed E-state index contributed by atoms with van der Waals surface area (Å²) < 4.78 is 7.79. The van der Waals surface area contributed by atoms with Gasteiger partial charge in [-0.2, -0.15) is 4.98 Å². The first-order valence-electron chi connectivity index (χ1n) is 8.79. The maximum absolute atomic E-state index is 12.0. The van der Waals surface area contributed by atoms with E-state index < -0.39 is 5.72 Å². The Balaban J connectivity index is 1.79. The lowest BCUT2D eigenvalue weighted by atomic mass is 9.52. The third kappa shape index (κ3) is 2.24. The molecule has 4 bridgehead atoms. The number of rotatable bonds is 3. The summed E-state index contributed by atoms with van der Waals surface area (Å²) in [7, 11) is 0. The van der Waals surface area contributed by atoms with Gasteiger partial charge < -0.3 is 4.74 Å². The summed E-state index contributed by atoms with van der Waals surface area (Å²) in [5, 5.41) is 7.15. The Morgan fingerprint density at radius 2 is 1.71 bits per heavy atom. The van der Waals surface area contributed by atoms with Crippen LogP contribution in [0.4, 0.5) is 5.95 Å². The molecule has 7 heteroatoms. The summed E-state index contributed by atoms with van der Waals surface area (Å²) in [4.78, 5) is 27.6. The van der Waals surface area contributed by atoms with E-state index in [0.29, 0.717) is 5.82 Å². The fraction of sp³-hybridized carbons (Fsp3) is 0.765. The fourth-order valence-electron chi connectivity index (χ4n) is 5.58. The van der Waals surface area contributed by atoms with Crippen molar-refractivity contribution in [1.29, 1.82) is 0 Å². The summed E-state index contributed by atoms with van der Waals surface area (Å²) in [6.07, 6.45) is 5.63.